The van der Waals surface area contributed by atoms with Crippen LogP contribution in [0.15, 0.2) is 48.5 Å². The number of methoxy groups -OCH3 is 1. The molecule has 0 radical (unpaired) electrons. The van der Waals surface area contributed by atoms with Crippen molar-refractivity contribution in [2.75, 3.05) is 19.0 Å². The second-order valence-corrected chi connectivity index (χ2v) is 4.89. The lowest BCUT2D eigenvalue weighted by molar-refractivity contribution is -0.118. The summed E-state index contributed by atoms with van der Waals surface area (Å²) in [6.45, 7) is 1.80. The van der Waals surface area contributed by atoms with Gasteiger partial charge < -0.3 is 20.5 Å². The van der Waals surface area contributed by atoms with Crippen LogP contribution >= 0.6 is 0 Å². The van der Waals surface area contributed by atoms with Gasteiger partial charge in [0.2, 0.25) is 0 Å². The maximum atomic E-state index is 11.9. The quantitative estimate of drug-likeness (QED) is 0.860. The summed E-state index contributed by atoms with van der Waals surface area (Å²) in [5.74, 6) is 1.13. The molecule has 0 aliphatic heterocycles. The molecule has 0 aliphatic rings. The predicted octanol–water partition coefficient (Wildman–Crippen LogP) is 2.73. The lowest BCUT2D eigenvalue weighted by Crippen LogP contribution is -2.21. The summed E-state index contributed by atoms with van der Waals surface area (Å²) >= 11 is 0. The van der Waals surface area contributed by atoms with Crippen molar-refractivity contribution in [3.63, 3.8) is 0 Å². The molecule has 22 heavy (non-hydrogen) atoms. The minimum Gasteiger partial charge on any atom is -0.497 e. The van der Waals surface area contributed by atoms with E-state index in [9.17, 15) is 4.79 Å². The van der Waals surface area contributed by atoms with Crippen LogP contribution in [0.3, 0.4) is 0 Å². The number of anilines is 1. The van der Waals surface area contributed by atoms with Gasteiger partial charge in [-0.1, -0.05) is 18.2 Å². The molecule has 0 fully saturated rings. The van der Waals surface area contributed by atoms with E-state index >= 15 is 0 Å². The van der Waals surface area contributed by atoms with Gasteiger partial charge in [0.25, 0.3) is 5.91 Å². The highest BCUT2D eigenvalue weighted by atomic mass is 16.5. The van der Waals surface area contributed by atoms with Crippen LogP contribution in [0.5, 0.6) is 11.5 Å². The third kappa shape index (κ3) is 4.23. The molecule has 0 bridgehead atoms. The third-order valence-corrected chi connectivity index (χ3v) is 3.14. The summed E-state index contributed by atoms with van der Waals surface area (Å²) in [5.41, 5.74) is 7.44. The second kappa shape index (κ2) is 7.47. The number of carbonyl (C=O) groups is 1. The van der Waals surface area contributed by atoms with Gasteiger partial charge in [-0.05, 0) is 37.3 Å². The van der Waals surface area contributed by atoms with Gasteiger partial charge in [0.15, 0.2) is 6.61 Å². The fraction of sp³-hybridized carbons (Fsp3) is 0.235. The number of nitrogens with two attached hydrogens (primary N) is 1. The first-order chi connectivity index (χ1) is 10.6. The van der Waals surface area contributed by atoms with Crippen LogP contribution in [0.4, 0.5) is 5.69 Å². The van der Waals surface area contributed by atoms with Crippen LogP contribution in [-0.2, 0) is 4.79 Å². The van der Waals surface area contributed by atoms with Gasteiger partial charge >= 0.3 is 0 Å². The Morgan fingerprint density at radius 2 is 1.86 bits per heavy atom. The molecule has 5 nitrogen and oxygen atoms in total. The number of para-hydroxylation sites is 1. The van der Waals surface area contributed by atoms with Gasteiger partial charge in [-0.25, -0.2) is 0 Å². The maximum Gasteiger partial charge on any atom is 0.262 e. The number of amides is 1. The van der Waals surface area contributed by atoms with E-state index < -0.39 is 0 Å². The van der Waals surface area contributed by atoms with E-state index in [1.807, 2.05) is 25.1 Å². The highest BCUT2D eigenvalue weighted by Crippen LogP contribution is 2.23. The molecule has 2 rings (SSSR count). The Bertz CT molecular complexity index is 624. The molecule has 0 aliphatic carbocycles. The highest BCUT2D eigenvalue weighted by molar-refractivity contribution is 5.91. The molecular formula is C17H20N2O3. The van der Waals surface area contributed by atoms with Crippen LogP contribution in [0.25, 0.3) is 0 Å². The second-order valence-electron chi connectivity index (χ2n) is 4.89. The van der Waals surface area contributed by atoms with E-state index in [0.29, 0.717) is 11.4 Å². The van der Waals surface area contributed by atoms with Crippen LogP contribution in [0, 0.1) is 0 Å². The van der Waals surface area contributed by atoms with Crippen molar-refractivity contribution in [1.82, 2.24) is 0 Å². The van der Waals surface area contributed by atoms with Crippen molar-refractivity contribution in [2.24, 2.45) is 5.73 Å². The molecule has 2 aromatic carbocycles. The zero-order valence-corrected chi connectivity index (χ0v) is 12.7. The zero-order chi connectivity index (χ0) is 15.9. The van der Waals surface area contributed by atoms with E-state index in [-0.39, 0.29) is 18.6 Å². The van der Waals surface area contributed by atoms with Gasteiger partial charge in [0.05, 0.1) is 7.11 Å². The Morgan fingerprint density at radius 3 is 2.50 bits per heavy atom. The summed E-state index contributed by atoms with van der Waals surface area (Å²) < 4.78 is 10.6. The Balaban J connectivity index is 1.92. The molecule has 0 aromatic heterocycles. The molecule has 116 valence electrons. The minimum absolute atomic E-state index is 0.0736. The summed E-state index contributed by atoms with van der Waals surface area (Å²) in [5, 5.41) is 2.76. The molecule has 0 saturated heterocycles. The van der Waals surface area contributed by atoms with Crippen LogP contribution < -0.4 is 20.5 Å². The summed E-state index contributed by atoms with van der Waals surface area (Å²) in [6.07, 6.45) is 0. The summed E-state index contributed by atoms with van der Waals surface area (Å²) in [6, 6.07) is 14.4. The predicted molar refractivity (Wildman–Crippen MR) is 86.2 cm³/mol. The first kappa shape index (κ1) is 15.9. The molecule has 2 aromatic rings. The molecule has 5 heteroatoms. The average molecular weight is 300 g/mol. The standard InChI is InChI=1S/C17H20N2O3/c1-12(18)15-5-3-4-6-16(15)22-11-17(20)19-13-7-9-14(21-2)10-8-13/h3-10,12H,11,18H2,1-2H3,(H,19,20). The number of hydrogen-bond donors (Lipinski definition) is 2. The Kier molecular flexibility index (Phi) is 5.38. The smallest absolute Gasteiger partial charge is 0.262 e. The first-order valence-corrected chi connectivity index (χ1v) is 7.01. The van der Waals surface area contributed by atoms with E-state index in [0.717, 1.165) is 11.3 Å². The third-order valence-electron chi connectivity index (χ3n) is 3.14. The van der Waals surface area contributed by atoms with Crippen LogP contribution in [-0.4, -0.2) is 19.6 Å². The molecular weight excluding hydrogens is 280 g/mol. The number of rotatable bonds is 6. The average Bonchev–Trinajstić information content (AvgIpc) is 2.54. The van der Waals surface area contributed by atoms with E-state index in [1.54, 1.807) is 37.4 Å². The number of benzene rings is 2. The van der Waals surface area contributed by atoms with Crippen LogP contribution in [0.1, 0.15) is 18.5 Å². The molecule has 0 saturated carbocycles. The van der Waals surface area contributed by atoms with Crippen molar-refractivity contribution >= 4 is 11.6 Å². The van der Waals surface area contributed by atoms with E-state index in [1.165, 1.54) is 0 Å². The van der Waals surface area contributed by atoms with Crippen LogP contribution in [0.2, 0.25) is 0 Å². The number of nitrogens with one attached hydrogen (secondary N) is 1. The lowest BCUT2D eigenvalue weighted by atomic mass is 10.1. The zero-order valence-electron chi connectivity index (χ0n) is 12.7. The first-order valence-electron chi connectivity index (χ1n) is 7.01. The largest absolute Gasteiger partial charge is 0.497 e. The van der Waals surface area contributed by atoms with Crippen molar-refractivity contribution in [1.29, 1.82) is 0 Å². The highest BCUT2D eigenvalue weighted by Gasteiger charge is 2.09. The van der Waals surface area contributed by atoms with Gasteiger partial charge in [0.1, 0.15) is 11.5 Å². The molecule has 3 N–H and O–H groups in total. The molecule has 0 heterocycles. The molecule has 1 atom stereocenters. The lowest BCUT2D eigenvalue weighted by Gasteiger charge is -2.13. The van der Waals surface area contributed by atoms with Gasteiger partial charge in [-0.3, -0.25) is 4.79 Å². The van der Waals surface area contributed by atoms with E-state index in [2.05, 4.69) is 5.32 Å². The monoisotopic (exact) mass is 300 g/mol. The maximum absolute atomic E-state index is 11.9. The van der Waals surface area contributed by atoms with Gasteiger partial charge in [-0.15, -0.1) is 0 Å². The molecule has 0 spiro atoms. The Morgan fingerprint density at radius 1 is 1.18 bits per heavy atom. The van der Waals surface area contributed by atoms with E-state index in [4.69, 9.17) is 15.2 Å². The molecule has 1 amide bonds. The van der Waals surface area contributed by atoms with Crippen molar-refractivity contribution in [3.8, 4) is 11.5 Å². The fourth-order valence-electron chi connectivity index (χ4n) is 2.00. The number of hydrogen-bond acceptors (Lipinski definition) is 4. The van der Waals surface area contributed by atoms with Crippen molar-refractivity contribution in [2.45, 2.75) is 13.0 Å². The van der Waals surface area contributed by atoms with Gasteiger partial charge in [-0.2, -0.15) is 0 Å². The van der Waals surface area contributed by atoms with Crippen molar-refractivity contribution < 1.29 is 14.3 Å². The number of carbonyl (C=O) groups excluding carboxylic acids is 1. The Hall–Kier alpha value is -2.53. The Labute approximate surface area is 130 Å². The molecule has 1 unspecified atom stereocenters. The van der Waals surface area contributed by atoms with Gasteiger partial charge in [0, 0.05) is 17.3 Å². The van der Waals surface area contributed by atoms with Crippen molar-refractivity contribution in [3.05, 3.63) is 54.1 Å². The minimum atomic E-state index is -0.232. The fourth-order valence-corrected chi connectivity index (χ4v) is 2.00. The normalized spacial score (nSPS) is 11.6. The summed E-state index contributed by atoms with van der Waals surface area (Å²) in [7, 11) is 1.59. The topological polar surface area (TPSA) is 73.6 Å². The number of ether oxygens (including phenoxy) is 2. The SMILES string of the molecule is COc1ccc(NC(=O)COc2ccccc2C(C)N)cc1. The summed E-state index contributed by atoms with van der Waals surface area (Å²) in [4.78, 5) is 11.9.